The molecule has 3 aliphatic rings. The fraction of sp³-hybridized carbons (Fsp3) is 0.259. The fourth-order valence-electron chi connectivity index (χ4n) is 5.64. The van der Waals surface area contributed by atoms with Crippen molar-refractivity contribution in [1.29, 1.82) is 0 Å². The minimum absolute atomic E-state index is 0.0169. The molecule has 2 aromatic carbocycles. The number of anilines is 1. The van der Waals surface area contributed by atoms with Crippen LogP contribution in [0.1, 0.15) is 24.0 Å². The van der Waals surface area contributed by atoms with Gasteiger partial charge in [0, 0.05) is 17.7 Å². The Labute approximate surface area is 216 Å². The molecule has 0 radical (unpaired) electrons. The summed E-state index contributed by atoms with van der Waals surface area (Å²) >= 11 is 0. The number of methoxy groups -OCH3 is 1. The molecular formula is C27H24N2O9. The van der Waals surface area contributed by atoms with Gasteiger partial charge in [0.2, 0.25) is 0 Å². The zero-order valence-corrected chi connectivity index (χ0v) is 20.2. The SMILES string of the molecule is COc1ccc(OC(=O)Nc2ccc(O)c3c2CC2CC4CC(=O)C(C(N)=O)=C(O)C4C(=O)C2=C3O)cc1. The molecule has 1 saturated carbocycles. The number of nitrogens with two attached hydrogens (primary N) is 1. The number of benzene rings is 2. The largest absolute Gasteiger partial charge is 0.511 e. The number of phenols is 1. The van der Waals surface area contributed by atoms with Gasteiger partial charge in [-0.3, -0.25) is 19.7 Å². The molecule has 2 aromatic rings. The monoisotopic (exact) mass is 520 g/mol. The molecule has 2 amide bonds. The number of Topliss-reactive ketones (excluding diaryl/α,β-unsaturated/α-hetero) is 2. The number of amides is 2. The highest BCUT2D eigenvalue weighted by atomic mass is 16.6. The molecule has 0 saturated heterocycles. The van der Waals surface area contributed by atoms with Gasteiger partial charge in [-0.1, -0.05) is 0 Å². The Kier molecular flexibility index (Phi) is 6.06. The summed E-state index contributed by atoms with van der Waals surface area (Å²) in [7, 11) is 1.51. The van der Waals surface area contributed by atoms with Crippen LogP contribution in [0.4, 0.5) is 10.5 Å². The van der Waals surface area contributed by atoms with Crippen molar-refractivity contribution in [2.45, 2.75) is 19.3 Å². The Balaban J connectivity index is 1.48. The third kappa shape index (κ3) is 4.01. The number of aliphatic hydroxyl groups excluding tert-OH is 2. The third-order valence-corrected chi connectivity index (χ3v) is 7.28. The van der Waals surface area contributed by atoms with Crippen LogP contribution >= 0.6 is 0 Å². The van der Waals surface area contributed by atoms with E-state index in [0.717, 1.165) is 0 Å². The number of ether oxygens (including phenoxy) is 2. The van der Waals surface area contributed by atoms with E-state index >= 15 is 0 Å². The van der Waals surface area contributed by atoms with Crippen molar-refractivity contribution in [2.24, 2.45) is 23.5 Å². The first-order chi connectivity index (χ1) is 18.1. The van der Waals surface area contributed by atoms with E-state index in [1.807, 2.05) is 0 Å². The lowest BCUT2D eigenvalue weighted by Crippen LogP contribution is -2.44. The first-order valence-corrected chi connectivity index (χ1v) is 11.8. The molecular weight excluding hydrogens is 496 g/mol. The molecule has 11 nitrogen and oxygen atoms in total. The Bertz CT molecular complexity index is 1460. The van der Waals surface area contributed by atoms with Crippen LogP contribution in [0.5, 0.6) is 17.2 Å². The summed E-state index contributed by atoms with van der Waals surface area (Å²) in [5, 5.41) is 34.9. The molecule has 0 heterocycles. The van der Waals surface area contributed by atoms with Gasteiger partial charge in [-0.2, -0.15) is 0 Å². The number of nitrogens with one attached hydrogen (secondary N) is 1. The first-order valence-electron chi connectivity index (χ1n) is 11.8. The molecule has 0 spiro atoms. The second kappa shape index (κ2) is 9.25. The summed E-state index contributed by atoms with van der Waals surface area (Å²) in [4.78, 5) is 50.2. The Hall–Kier alpha value is -4.80. The number of carbonyl (C=O) groups is 4. The van der Waals surface area contributed by atoms with Crippen LogP contribution in [0.15, 0.2) is 53.3 Å². The van der Waals surface area contributed by atoms with Gasteiger partial charge >= 0.3 is 6.09 Å². The molecule has 11 heteroatoms. The summed E-state index contributed by atoms with van der Waals surface area (Å²) in [5.74, 6) is -5.42. The summed E-state index contributed by atoms with van der Waals surface area (Å²) in [6, 6.07) is 9.06. The van der Waals surface area contributed by atoms with E-state index in [0.29, 0.717) is 11.3 Å². The summed E-state index contributed by atoms with van der Waals surface area (Å²) in [6.07, 6.45) is -0.584. The molecule has 0 aromatic heterocycles. The topological polar surface area (TPSA) is 185 Å². The van der Waals surface area contributed by atoms with Crippen LogP contribution in [0, 0.1) is 17.8 Å². The Morgan fingerprint density at radius 2 is 1.68 bits per heavy atom. The van der Waals surface area contributed by atoms with Crippen molar-refractivity contribution >= 4 is 35.0 Å². The lowest BCUT2D eigenvalue weighted by atomic mass is 9.61. The predicted octanol–water partition coefficient (Wildman–Crippen LogP) is 2.93. The maximum Gasteiger partial charge on any atom is 0.417 e. The van der Waals surface area contributed by atoms with Crippen LogP contribution in [-0.2, 0) is 20.8 Å². The van der Waals surface area contributed by atoms with Crippen LogP contribution < -0.4 is 20.5 Å². The average Bonchev–Trinajstić information content (AvgIpc) is 2.85. The number of phenolic OH excluding ortho intramolecular Hbond substituents is 1. The van der Waals surface area contributed by atoms with Crippen molar-refractivity contribution < 1.29 is 44.0 Å². The molecule has 0 bridgehead atoms. The average molecular weight is 520 g/mol. The van der Waals surface area contributed by atoms with Gasteiger partial charge in [-0.15, -0.1) is 0 Å². The molecule has 196 valence electrons. The number of allylic oxidation sites excluding steroid dienone is 2. The zero-order chi connectivity index (χ0) is 27.3. The minimum atomic E-state index is -1.20. The first kappa shape index (κ1) is 24.9. The van der Waals surface area contributed by atoms with Crippen molar-refractivity contribution in [3.63, 3.8) is 0 Å². The number of hydrogen-bond donors (Lipinski definition) is 5. The number of fused-ring (bicyclic) bond motifs is 3. The van der Waals surface area contributed by atoms with Crippen LogP contribution in [-0.4, -0.2) is 46.0 Å². The van der Waals surface area contributed by atoms with Crippen LogP contribution in [0.3, 0.4) is 0 Å². The Morgan fingerprint density at radius 3 is 2.34 bits per heavy atom. The number of aliphatic hydroxyl groups is 2. The zero-order valence-electron chi connectivity index (χ0n) is 20.2. The molecule has 38 heavy (non-hydrogen) atoms. The highest BCUT2D eigenvalue weighted by molar-refractivity contribution is 6.21. The lowest BCUT2D eigenvalue weighted by molar-refractivity contribution is -0.127. The van der Waals surface area contributed by atoms with E-state index in [4.69, 9.17) is 15.2 Å². The number of rotatable bonds is 4. The van der Waals surface area contributed by atoms with E-state index in [9.17, 15) is 34.5 Å². The maximum absolute atomic E-state index is 13.5. The van der Waals surface area contributed by atoms with Gasteiger partial charge in [-0.05, 0) is 66.6 Å². The van der Waals surface area contributed by atoms with Crippen LogP contribution in [0.2, 0.25) is 0 Å². The highest BCUT2D eigenvalue weighted by Crippen LogP contribution is 2.51. The second-order valence-corrected chi connectivity index (χ2v) is 9.43. The third-order valence-electron chi connectivity index (χ3n) is 7.28. The number of ketones is 2. The summed E-state index contributed by atoms with van der Waals surface area (Å²) in [5.41, 5.74) is 5.24. The number of hydrogen-bond acceptors (Lipinski definition) is 9. The maximum atomic E-state index is 13.5. The molecule has 3 aliphatic carbocycles. The predicted molar refractivity (Wildman–Crippen MR) is 133 cm³/mol. The van der Waals surface area contributed by atoms with Gasteiger partial charge in [0.05, 0.1) is 18.6 Å². The van der Waals surface area contributed by atoms with E-state index in [2.05, 4.69) is 5.32 Å². The normalized spacial score (nSPS) is 22.3. The van der Waals surface area contributed by atoms with Gasteiger partial charge in [0.1, 0.15) is 34.3 Å². The van der Waals surface area contributed by atoms with Gasteiger partial charge in [-0.25, -0.2) is 4.79 Å². The second-order valence-electron chi connectivity index (χ2n) is 9.43. The fourth-order valence-corrected chi connectivity index (χ4v) is 5.64. The highest BCUT2D eigenvalue weighted by Gasteiger charge is 2.51. The number of carbonyl (C=O) groups excluding carboxylic acids is 4. The summed E-state index contributed by atoms with van der Waals surface area (Å²) in [6.45, 7) is 0. The molecule has 5 rings (SSSR count). The van der Waals surface area contributed by atoms with Gasteiger partial charge < -0.3 is 30.5 Å². The van der Waals surface area contributed by atoms with E-state index < -0.39 is 58.4 Å². The standard InChI is InChI=1S/C27H24N2O9/c1-37-13-2-4-14(5-3-13)38-27(36)29-16-6-7-17(30)21-15(16)9-11-8-12-10-18(31)22(26(28)35)25(34)20(12)23(32)19(11)24(21)33/h2-7,11-12,20,30,33-34H,8-10H2,1H3,(H2,28,35)(H,29,36). The quantitative estimate of drug-likeness (QED) is 0.298. The number of primary amides is 1. The Morgan fingerprint density at radius 1 is 1.00 bits per heavy atom. The van der Waals surface area contributed by atoms with E-state index in [-0.39, 0.29) is 47.6 Å². The van der Waals surface area contributed by atoms with E-state index in [1.54, 1.807) is 24.3 Å². The van der Waals surface area contributed by atoms with Crippen molar-refractivity contribution in [2.75, 3.05) is 12.4 Å². The van der Waals surface area contributed by atoms with Crippen molar-refractivity contribution in [3.8, 4) is 17.2 Å². The minimum Gasteiger partial charge on any atom is -0.511 e. The molecule has 3 unspecified atom stereocenters. The van der Waals surface area contributed by atoms with E-state index in [1.165, 1.54) is 19.2 Å². The van der Waals surface area contributed by atoms with Crippen molar-refractivity contribution in [3.05, 3.63) is 64.4 Å². The van der Waals surface area contributed by atoms with Crippen LogP contribution in [0.25, 0.3) is 5.76 Å². The molecule has 6 N–H and O–H groups in total. The molecule has 0 aliphatic heterocycles. The van der Waals surface area contributed by atoms with Crippen molar-refractivity contribution in [1.82, 2.24) is 0 Å². The summed E-state index contributed by atoms with van der Waals surface area (Å²) < 4.78 is 10.4. The molecule has 3 atom stereocenters. The van der Waals surface area contributed by atoms with Gasteiger partial charge in [0.15, 0.2) is 11.6 Å². The number of aromatic hydroxyl groups is 1. The molecule has 1 fully saturated rings. The lowest BCUT2D eigenvalue weighted by Gasteiger charge is -2.41. The smallest absolute Gasteiger partial charge is 0.417 e. The van der Waals surface area contributed by atoms with Gasteiger partial charge in [0.25, 0.3) is 5.91 Å².